The highest BCUT2D eigenvalue weighted by Crippen LogP contribution is 2.17. The number of para-hydroxylation sites is 1. The zero-order valence-corrected chi connectivity index (χ0v) is 16.4. The zero-order valence-electron chi connectivity index (χ0n) is 16.4. The van der Waals surface area contributed by atoms with Crippen LogP contribution in [0.25, 0.3) is 0 Å². The minimum atomic E-state index is -0.458. The van der Waals surface area contributed by atoms with E-state index >= 15 is 0 Å². The standard InChI is InChI=1S/C22H25FN4O2/c1-2-29-19-10-8-18(9-11-19)16-27(14-5-13-26-15-12-24-17-26)22(28)25-21-7-4-3-6-20(21)23/h3-4,6-12,15,17H,2,5,13-14,16H2,1H3,(H,25,28). The molecule has 7 heteroatoms. The lowest BCUT2D eigenvalue weighted by molar-refractivity contribution is 0.207. The number of halogens is 1. The first-order chi connectivity index (χ1) is 14.2. The molecule has 0 saturated heterocycles. The fraction of sp³-hybridized carbons (Fsp3) is 0.273. The number of nitrogens with one attached hydrogen (secondary N) is 1. The Morgan fingerprint density at radius 2 is 2.00 bits per heavy atom. The van der Waals surface area contributed by atoms with E-state index < -0.39 is 5.82 Å². The monoisotopic (exact) mass is 396 g/mol. The fourth-order valence-electron chi connectivity index (χ4n) is 2.95. The van der Waals surface area contributed by atoms with Gasteiger partial charge in [0.2, 0.25) is 0 Å². The van der Waals surface area contributed by atoms with Crippen LogP contribution in [0.3, 0.4) is 0 Å². The molecule has 152 valence electrons. The molecular formula is C22H25FN4O2. The van der Waals surface area contributed by atoms with Gasteiger partial charge in [-0.3, -0.25) is 0 Å². The largest absolute Gasteiger partial charge is 0.494 e. The second-order valence-electron chi connectivity index (χ2n) is 6.56. The minimum Gasteiger partial charge on any atom is -0.494 e. The Hall–Kier alpha value is -3.35. The molecule has 6 nitrogen and oxygen atoms in total. The molecule has 0 atom stereocenters. The first kappa shape index (κ1) is 20.4. The van der Waals surface area contributed by atoms with Crippen LogP contribution in [0.1, 0.15) is 18.9 Å². The van der Waals surface area contributed by atoms with Crippen molar-refractivity contribution in [2.24, 2.45) is 0 Å². The molecule has 0 aliphatic heterocycles. The molecule has 0 saturated carbocycles. The summed E-state index contributed by atoms with van der Waals surface area (Å²) >= 11 is 0. The molecule has 0 spiro atoms. The van der Waals surface area contributed by atoms with Crippen molar-refractivity contribution in [1.29, 1.82) is 0 Å². The van der Waals surface area contributed by atoms with Gasteiger partial charge >= 0.3 is 6.03 Å². The predicted molar refractivity (Wildman–Crippen MR) is 110 cm³/mol. The molecular weight excluding hydrogens is 371 g/mol. The van der Waals surface area contributed by atoms with Crippen LogP contribution < -0.4 is 10.1 Å². The zero-order chi connectivity index (χ0) is 20.5. The van der Waals surface area contributed by atoms with Gasteiger partial charge < -0.3 is 19.5 Å². The predicted octanol–water partition coefficient (Wildman–Crippen LogP) is 4.55. The number of ether oxygens (including phenoxy) is 1. The van der Waals surface area contributed by atoms with Gasteiger partial charge in [-0.25, -0.2) is 14.2 Å². The smallest absolute Gasteiger partial charge is 0.322 e. The third kappa shape index (κ3) is 6.07. The summed E-state index contributed by atoms with van der Waals surface area (Å²) in [6.07, 6.45) is 6.10. The molecule has 0 aliphatic carbocycles. The van der Waals surface area contributed by atoms with E-state index in [-0.39, 0.29) is 11.7 Å². The molecule has 2 amide bonds. The van der Waals surface area contributed by atoms with E-state index in [0.29, 0.717) is 19.7 Å². The summed E-state index contributed by atoms with van der Waals surface area (Å²) in [5.41, 5.74) is 1.14. The van der Waals surface area contributed by atoms with Crippen molar-refractivity contribution in [2.45, 2.75) is 26.4 Å². The molecule has 3 aromatic rings. The molecule has 0 unspecified atom stereocenters. The maximum Gasteiger partial charge on any atom is 0.322 e. The summed E-state index contributed by atoms with van der Waals surface area (Å²) < 4.78 is 21.4. The van der Waals surface area contributed by atoms with Crippen molar-refractivity contribution in [3.05, 3.63) is 78.6 Å². The van der Waals surface area contributed by atoms with Gasteiger partial charge in [-0.15, -0.1) is 0 Å². The third-order valence-electron chi connectivity index (χ3n) is 4.41. The molecule has 0 fully saturated rings. The van der Waals surface area contributed by atoms with E-state index in [4.69, 9.17) is 4.74 Å². The molecule has 0 bridgehead atoms. The second kappa shape index (κ2) is 10.3. The normalized spacial score (nSPS) is 10.6. The SMILES string of the molecule is CCOc1ccc(CN(CCCn2ccnc2)C(=O)Nc2ccccc2F)cc1. The lowest BCUT2D eigenvalue weighted by Gasteiger charge is -2.24. The summed E-state index contributed by atoms with van der Waals surface area (Å²) in [4.78, 5) is 18.5. The van der Waals surface area contributed by atoms with Crippen LogP contribution in [0.5, 0.6) is 5.75 Å². The number of amides is 2. The number of carbonyl (C=O) groups excluding carboxylic acids is 1. The molecule has 3 rings (SSSR count). The van der Waals surface area contributed by atoms with Gasteiger partial charge in [0.25, 0.3) is 0 Å². The maximum atomic E-state index is 13.9. The quantitative estimate of drug-likeness (QED) is 0.577. The lowest BCUT2D eigenvalue weighted by Crippen LogP contribution is -2.35. The summed E-state index contributed by atoms with van der Waals surface area (Å²) in [5.74, 6) is 0.332. The summed E-state index contributed by atoms with van der Waals surface area (Å²) in [5, 5.41) is 2.67. The Kier molecular flexibility index (Phi) is 7.22. The Labute approximate surface area is 169 Å². The number of hydrogen-bond acceptors (Lipinski definition) is 3. The van der Waals surface area contributed by atoms with Crippen molar-refractivity contribution in [2.75, 3.05) is 18.5 Å². The highest BCUT2D eigenvalue weighted by Gasteiger charge is 2.16. The number of urea groups is 1. The van der Waals surface area contributed by atoms with Crippen LogP contribution in [0, 0.1) is 5.82 Å². The number of aromatic nitrogens is 2. The van der Waals surface area contributed by atoms with Crippen molar-refractivity contribution >= 4 is 11.7 Å². The second-order valence-corrected chi connectivity index (χ2v) is 6.56. The summed E-state index contributed by atoms with van der Waals surface area (Å²) in [6.45, 7) is 4.21. The molecule has 1 aromatic heterocycles. The number of anilines is 1. The third-order valence-corrected chi connectivity index (χ3v) is 4.41. The van der Waals surface area contributed by atoms with Crippen molar-refractivity contribution in [3.8, 4) is 5.75 Å². The van der Waals surface area contributed by atoms with E-state index in [0.717, 1.165) is 24.3 Å². The first-order valence-electron chi connectivity index (χ1n) is 9.63. The van der Waals surface area contributed by atoms with Gasteiger partial charge in [0, 0.05) is 32.0 Å². The van der Waals surface area contributed by atoms with Gasteiger partial charge in [-0.2, -0.15) is 0 Å². The van der Waals surface area contributed by atoms with E-state index in [1.807, 2.05) is 42.0 Å². The van der Waals surface area contributed by atoms with Crippen LogP contribution in [0.4, 0.5) is 14.9 Å². The number of imidazole rings is 1. The Morgan fingerprint density at radius 3 is 2.69 bits per heavy atom. The fourth-order valence-corrected chi connectivity index (χ4v) is 2.95. The van der Waals surface area contributed by atoms with E-state index in [2.05, 4.69) is 10.3 Å². The van der Waals surface area contributed by atoms with Gasteiger partial charge in [-0.1, -0.05) is 24.3 Å². The van der Waals surface area contributed by atoms with E-state index in [1.165, 1.54) is 6.07 Å². The average Bonchev–Trinajstić information content (AvgIpc) is 3.24. The van der Waals surface area contributed by atoms with Crippen molar-refractivity contribution in [3.63, 3.8) is 0 Å². The Balaban J connectivity index is 1.67. The Morgan fingerprint density at radius 1 is 1.21 bits per heavy atom. The number of nitrogens with zero attached hydrogens (tertiary/aromatic N) is 3. The molecule has 2 aromatic carbocycles. The van der Waals surface area contributed by atoms with Crippen molar-refractivity contribution < 1.29 is 13.9 Å². The van der Waals surface area contributed by atoms with Crippen LogP contribution in [0.2, 0.25) is 0 Å². The van der Waals surface area contributed by atoms with Gasteiger partial charge in [0.1, 0.15) is 11.6 Å². The summed E-state index contributed by atoms with van der Waals surface area (Å²) in [7, 11) is 0. The number of benzene rings is 2. The van der Waals surface area contributed by atoms with Gasteiger partial charge in [-0.05, 0) is 43.2 Å². The number of rotatable bonds is 9. The van der Waals surface area contributed by atoms with Crippen LogP contribution in [-0.2, 0) is 13.1 Å². The van der Waals surface area contributed by atoms with Crippen LogP contribution in [-0.4, -0.2) is 33.6 Å². The number of carbonyl (C=O) groups is 1. The number of hydrogen-bond donors (Lipinski definition) is 1. The minimum absolute atomic E-state index is 0.170. The van der Waals surface area contributed by atoms with E-state index in [1.54, 1.807) is 35.6 Å². The maximum absolute atomic E-state index is 13.9. The van der Waals surface area contributed by atoms with Crippen LogP contribution >= 0.6 is 0 Å². The molecule has 0 aliphatic rings. The van der Waals surface area contributed by atoms with Gasteiger partial charge in [0.05, 0.1) is 18.6 Å². The Bertz CT molecular complexity index is 897. The summed E-state index contributed by atoms with van der Waals surface area (Å²) in [6, 6.07) is 13.5. The molecule has 0 radical (unpaired) electrons. The lowest BCUT2D eigenvalue weighted by atomic mass is 10.2. The van der Waals surface area contributed by atoms with E-state index in [9.17, 15) is 9.18 Å². The van der Waals surface area contributed by atoms with Crippen LogP contribution in [0.15, 0.2) is 67.3 Å². The highest BCUT2D eigenvalue weighted by atomic mass is 19.1. The average molecular weight is 396 g/mol. The highest BCUT2D eigenvalue weighted by molar-refractivity contribution is 5.89. The molecule has 29 heavy (non-hydrogen) atoms. The number of aryl methyl sites for hydroxylation is 1. The van der Waals surface area contributed by atoms with Crippen molar-refractivity contribution in [1.82, 2.24) is 14.5 Å². The van der Waals surface area contributed by atoms with Gasteiger partial charge in [0.15, 0.2) is 0 Å². The topological polar surface area (TPSA) is 59.4 Å². The first-order valence-corrected chi connectivity index (χ1v) is 9.63. The molecule has 1 N–H and O–H groups in total. The molecule has 1 heterocycles.